The van der Waals surface area contributed by atoms with Crippen molar-refractivity contribution < 1.29 is 19.2 Å². The van der Waals surface area contributed by atoms with Gasteiger partial charge in [-0.05, 0) is 20.8 Å². The van der Waals surface area contributed by atoms with Gasteiger partial charge in [0.25, 0.3) is 0 Å². The summed E-state index contributed by atoms with van der Waals surface area (Å²) in [6.07, 6.45) is 0. The lowest BCUT2D eigenvalue weighted by molar-refractivity contribution is -0.131. The van der Waals surface area contributed by atoms with E-state index in [4.69, 9.17) is 0 Å². The fourth-order valence-corrected chi connectivity index (χ4v) is 1.28. The maximum Gasteiger partial charge on any atom is 0.241 e. The minimum Gasteiger partial charge on any atom is -0.291 e. The van der Waals surface area contributed by atoms with Crippen molar-refractivity contribution in [3.8, 4) is 0 Å². The van der Waals surface area contributed by atoms with Gasteiger partial charge < -0.3 is 0 Å². The van der Waals surface area contributed by atoms with Crippen LogP contribution in [0.5, 0.6) is 0 Å². The van der Waals surface area contributed by atoms with Crippen molar-refractivity contribution in [2.75, 3.05) is 6.54 Å². The minimum atomic E-state index is -0.632. The van der Waals surface area contributed by atoms with Crippen LogP contribution >= 0.6 is 0 Å². The molecule has 0 aliphatic rings. The number of carbonyl (C=O) groups is 4. The zero-order chi connectivity index (χ0) is 15.2. The Bertz CT molecular complexity index is 475. The van der Waals surface area contributed by atoms with Crippen LogP contribution in [-0.4, -0.2) is 47.1 Å². The Morgan fingerprint density at radius 2 is 1.26 bits per heavy atom. The minimum absolute atomic E-state index is 0.116. The molecule has 0 heterocycles. The first kappa shape index (κ1) is 17.0. The van der Waals surface area contributed by atoms with E-state index >= 15 is 0 Å². The van der Waals surface area contributed by atoms with Crippen molar-refractivity contribution in [3.05, 3.63) is 0 Å². The van der Waals surface area contributed by atoms with Crippen LogP contribution in [0.15, 0.2) is 9.98 Å². The monoisotopic (exact) mass is 266 g/mol. The summed E-state index contributed by atoms with van der Waals surface area (Å²) in [6.45, 7) is 7.14. The van der Waals surface area contributed by atoms with Crippen LogP contribution < -0.4 is 0 Å². The molecule has 6 nitrogen and oxygen atoms in total. The van der Waals surface area contributed by atoms with E-state index < -0.39 is 23.1 Å². The van der Waals surface area contributed by atoms with Crippen LogP contribution in [0.25, 0.3) is 0 Å². The molecule has 0 amide bonds. The van der Waals surface area contributed by atoms with Gasteiger partial charge in [0.15, 0.2) is 0 Å². The molecule has 6 heteroatoms. The lowest BCUT2D eigenvalue weighted by Crippen LogP contribution is -2.22. The van der Waals surface area contributed by atoms with Crippen molar-refractivity contribution in [1.29, 1.82) is 0 Å². The quantitative estimate of drug-likeness (QED) is 0.498. The number of hydrogen-bond acceptors (Lipinski definition) is 6. The van der Waals surface area contributed by atoms with Crippen LogP contribution in [0.3, 0.4) is 0 Å². The Kier molecular flexibility index (Phi) is 6.68. The maximum absolute atomic E-state index is 11.3. The summed E-state index contributed by atoms with van der Waals surface area (Å²) >= 11 is 0. The molecule has 0 saturated heterocycles. The molecule has 0 radical (unpaired) electrons. The summed E-state index contributed by atoms with van der Waals surface area (Å²) in [5.41, 5.74) is 0.232. The molecule has 0 spiro atoms. The lowest BCUT2D eigenvalue weighted by Gasteiger charge is -2.05. The van der Waals surface area contributed by atoms with Crippen molar-refractivity contribution in [1.82, 2.24) is 0 Å². The summed E-state index contributed by atoms with van der Waals surface area (Å²) in [7, 11) is 0. The predicted molar refractivity (Wildman–Crippen MR) is 71.9 cm³/mol. The number of nitrogens with zero attached hydrogens (tertiary/aromatic N) is 2. The molecule has 0 aromatic rings. The second kappa shape index (κ2) is 7.45. The Morgan fingerprint density at radius 3 is 1.68 bits per heavy atom. The SMILES string of the molecule is CC(=O)C(=O)C(C)=NCC(C)N=C(C)C(=O)C(C)=O. The first-order chi connectivity index (χ1) is 8.66. The van der Waals surface area contributed by atoms with Gasteiger partial charge in [0.05, 0.1) is 24.0 Å². The van der Waals surface area contributed by atoms with E-state index in [1.165, 1.54) is 27.7 Å². The fourth-order valence-electron chi connectivity index (χ4n) is 1.28. The van der Waals surface area contributed by atoms with Gasteiger partial charge in [0.2, 0.25) is 23.1 Å². The number of hydrogen-bond donors (Lipinski definition) is 0. The van der Waals surface area contributed by atoms with Crippen LogP contribution in [0.2, 0.25) is 0 Å². The maximum atomic E-state index is 11.3. The molecule has 0 aromatic heterocycles. The highest BCUT2D eigenvalue weighted by atomic mass is 16.2. The van der Waals surface area contributed by atoms with E-state index in [-0.39, 0.29) is 24.0 Å². The third-order valence-corrected chi connectivity index (χ3v) is 2.30. The molecule has 1 atom stereocenters. The largest absolute Gasteiger partial charge is 0.291 e. The number of aliphatic imine (C=N–C) groups is 2. The van der Waals surface area contributed by atoms with Gasteiger partial charge in [-0.2, -0.15) is 0 Å². The van der Waals surface area contributed by atoms with Gasteiger partial charge in [-0.1, -0.05) is 0 Å². The average Bonchev–Trinajstić information content (AvgIpc) is 2.33. The molecule has 0 N–H and O–H groups in total. The van der Waals surface area contributed by atoms with Gasteiger partial charge in [-0.3, -0.25) is 29.2 Å². The number of rotatable bonds is 7. The number of Topliss-reactive ketones (excluding diaryl/α,β-unsaturated/α-hetero) is 4. The first-order valence-corrected chi connectivity index (χ1v) is 5.82. The summed E-state index contributed by atoms with van der Waals surface area (Å²) in [5, 5.41) is 0. The van der Waals surface area contributed by atoms with E-state index in [0.29, 0.717) is 0 Å². The van der Waals surface area contributed by atoms with Crippen molar-refractivity contribution >= 4 is 34.6 Å². The zero-order valence-corrected chi connectivity index (χ0v) is 11.8. The average molecular weight is 266 g/mol. The second-order valence-corrected chi connectivity index (χ2v) is 4.26. The molecule has 0 aromatic carbocycles. The number of carbonyl (C=O) groups excluding carboxylic acids is 4. The molecular weight excluding hydrogens is 248 g/mol. The molecule has 0 saturated carbocycles. The fraction of sp³-hybridized carbons (Fsp3) is 0.538. The third-order valence-electron chi connectivity index (χ3n) is 2.30. The first-order valence-electron chi connectivity index (χ1n) is 5.82. The highest BCUT2D eigenvalue weighted by molar-refractivity contribution is 6.64. The van der Waals surface area contributed by atoms with Gasteiger partial charge in [0, 0.05) is 13.8 Å². The van der Waals surface area contributed by atoms with E-state index in [9.17, 15) is 19.2 Å². The molecule has 104 valence electrons. The van der Waals surface area contributed by atoms with Crippen molar-refractivity contribution in [2.45, 2.75) is 40.7 Å². The lowest BCUT2D eigenvalue weighted by atomic mass is 10.2. The Balaban J connectivity index is 4.68. The van der Waals surface area contributed by atoms with E-state index in [0.717, 1.165) is 0 Å². The normalized spacial score (nSPS) is 13.9. The van der Waals surface area contributed by atoms with Crippen LogP contribution in [0.1, 0.15) is 34.6 Å². The standard InChI is InChI=1S/C13H18N2O4/c1-7(15-9(3)13(19)11(5)17)6-14-8(2)12(18)10(4)16/h7H,6H2,1-5H3. The third kappa shape index (κ3) is 5.94. The molecule has 0 rings (SSSR count). The van der Waals surface area contributed by atoms with Gasteiger partial charge in [-0.25, -0.2) is 0 Å². The van der Waals surface area contributed by atoms with E-state index in [1.54, 1.807) is 6.92 Å². The highest BCUT2D eigenvalue weighted by Crippen LogP contribution is 1.96. The summed E-state index contributed by atoms with van der Waals surface area (Å²) in [6, 6.07) is -0.349. The van der Waals surface area contributed by atoms with Gasteiger partial charge >= 0.3 is 0 Å². The molecule has 0 aliphatic heterocycles. The Morgan fingerprint density at radius 1 is 0.842 bits per heavy atom. The summed E-state index contributed by atoms with van der Waals surface area (Å²) in [5.74, 6) is -2.40. The highest BCUT2D eigenvalue weighted by Gasteiger charge is 2.14. The van der Waals surface area contributed by atoms with Gasteiger partial charge in [-0.15, -0.1) is 0 Å². The predicted octanol–water partition coefficient (Wildman–Crippen LogP) is 0.613. The van der Waals surface area contributed by atoms with Gasteiger partial charge in [0.1, 0.15) is 0 Å². The van der Waals surface area contributed by atoms with Crippen molar-refractivity contribution in [3.63, 3.8) is 0 Å². The van der Waals surface area contributed by atoms with Crippen molar-refractivity contribution in [2.24, 2.45) is 9.98 Å². The summed E-state index contributed by atoms with van der Waals surface area (Å²) < 4.78 is 0. The Labute approximate surface area is 112 Å². The molecule has 0 bridgehead atoms. The smallest absolute Gasteiger partial charge is 0.241 e. The number of ketones is 4. The zero-order valence-electron chi connectivity index (χ0n) is 11.8. The van der Waals surface area contributed by atoms with Crippen LogP contribution in [0.4, 0.5) is 0 Å². The molecule has 0 fully saturated rings. The second-order valence-electron chi connectivity index (χ2n) is 4.26. The van der Waals surface area contributed by atoms with Crippen LogP contribution in [-0.2, 0) is 19.2 Å². The molecular formula is C13H18N2O4. The molecule has 0 aliphatic carbocycles. The van der Waals surface area contributed by atoms with E-state index in [1.807, 2.05) is 0 Å². The molecule has 1 unspecified atom stereocenters. The van der Waals surface area contributed by atoms with E-state index in [2.05, 4.69) is 9.98 Å². The molecule has 19 heavy (non-hydrogen) atoms. The topological polar surface area (TPSA) is 93.0 Å². The Hall–Kier alpha value is -1.98. The van der Waals surface area contributed by atoms with Crippen LogP contribution in [0, 0.1) is 0 Å². The summed E-state index contributed by atoms with van der Waals surface area (Å²) in [4.78, 5) is 52.2.